The topological polar surface area (TPSA) is 24.1 Å². The van der Waals surface area contributed by atoms with Crippen LogP contribution in [-0.4, -0.2) is 5.11 Å². The highest BCUT2D eigenvalue weighted by atomic mass is 79.9. The predicted molar refractivity (Wildman–Crippen MR) is 113 cm³/mol. The van der Waals surface area contributed by atoms with E-state index in [1.54, 1.807) is 0 Å². The molecule has 1 atom stereocenters. The summed E-state index contributed by atoms with van der Waals surface area (Å²) in [5.74, 6) is 0. The Balaban J connectivity index is 1.85. The van der Waals surface area contributed by atoms with Gasteiger partial charge >= 0.3 is 0 Å². The summed E-state index contributed by atoms with van der Waals surface area (Å²) in [6.45, 7) is 2.12. The van der Waals surface area contributed by atoms with Gasteiger partial charge in [0.2, 0.25) is 0 Å². The highest BCUT2D eigenvalue weighted by Gasteiger charge is 2.16. The van der Waals surface area contributed by atoms with Crippen molar-refractivity contribution < 1.29 is 0 Å². The van der Waals surface area contributed by atoms with Crippen LogP contribution < -0.4 is 10.6 Å². The molecule has 0 unspecified atom stereocenters. The zero-order valence-electron chi connectivity index (χ0n) is 13.9. The van der Waals surface area contributed by atoms with E-state index >= 15 is 0 Å². The largest absolute Gasteiger partial charge is 0.352 e. The van der Waals surface area contributed by atoms with E-state index in [0.717, 1.165) is 10.2 Å². The Bertz CT molecular complexity index is 865. The Labute approximate surface area is 162 Å². The smallest absolute Gasteiger partial charge is 0.171 e. The lowest BCUT2D eigenvalue weighted by molar-refractivity contribution is 0.762. The molecule has 0 aliphatic heterocycles. The summed E-state index contributed by atoms with van der Waals surface area (Å²) in [4.78, 5) is 0. The summed E-state index contributed by atoms with van der Waals surface area (Å²) >= 11 is 9.04. The van der Waals surface area contributed by atoms with Crippen molar-refractivity contribution in [3.8, 4) is 0 Å². The first kappa shape index (κ1) is 17.6. The van der Waals surface area contributed by atoms with Crippen molar-refractivity contribution in [3.05, 3.63) is 100 Å². The number of aryl methyl sites for hydroxylation is 1. The van der Waals surface area contributed by atoms with Crippen molar-refractivity contribution in [2.24, 2.45) is 0 Å². The number of rotatable bonds is 4. The maximum absolute atomic E-state index is 5.56. The zero-order valence-corrected chi connectivity index (χ0v) is 16.3. The van der Waals surface area contributed by atoms with Crippen molar-refractivity contribution in [2.45, 2.75) is 13.0 Å². The van der Waals surface area contributed by atoms with Crippen LogP contribution in [-0.2, 0) is 0 Å². The van der Waals surface area contributed by atoms with Gasteiger partial charge in [-0.25, -0.2) is 0 Å². The summed E-state index contributed by atoms with van der Waals surface area (Å²) in [5.41, 5.74) is 4.57. The maximum Gasteiger partial charge on any atom is 0.171 e. The van der Waals surface area contributed by atoms with Gasteiger partial charge in [-0.2, -0.15) is 0 Å². The molecule has 4 heteroatoms. The first-order valence-corrected chi connectivity index (χ1v) is 9.27. The second kappa shape index (κ2) is 8.28. The minimum absolute atomic E-state index is 0.00504. The highest BCUT2D eigenvalue weighted by Crippen LogP contribution is 2.25. The maximum atomic E-state index is 5.56. The number of hydrogen-bond donors (Lipinski definition) is 2. The van der Waals surface area contributed by atoms with Gasteiger partial charge in [-0.3, -0.25) is 0 Å². The molecule has 0 aromatic heterocycles. The van der Waals surface area contributed by atoms with Crippen molar-refractivity contribution in [2.75, 3.05) is 5.32 Å². The van der Waals surface area contributed by atoms with Crippen LogP contribution in [0, 0.1) is 6.92 Å². The van der Waals surface area contributed by atoms with Crippen LogP contribution in [0.2, 0.25) is 0 Å². The van der Waals surface area contributed by atoms with Crippen LogP contribution in [0.1, 0.15) is 22.7 Å². The Morgan fingerprint density at radius 2 is 1.64 bits per heavy atom. The Morgan fingerprint density at radius 1 is 0.920 bits per heavy atom. The van der Waals surface area contributed by atoms with Crippen molar-refractivity contribution in [1.82, 2.24) is 5.32 Å². The zero-order chi connectivity index (χ0) is 17.6. The van der Waals surface area contributed by atoms with Gasteiger partial charge in [0, 0.05) is 10.2 Å². The van der Waals surface area contributed by atoms with Gasteiger partial charge in [0.15, 0.2) is 5.11 Å². The summed E-state index contributed by atoms with van der Waals surface area (Å²) in [6, 6.07) is 26.7. The summed E-state index contributed by atoms with van der Waals surface area (Å²) in [5, 5.41) is 7.32. The molecule has 2 N–H and O–H groups in total. The van der Waals surface area contributed by atoms with E-state index in [0.29, 0.717) is 5.11 Å². The molecule has 0 aliphatic rings. The third kappa shape index (κ3) is 4.68. The molecule has 0 saturated heterocycles. The van der Waals surface area contributed by atoms with Crippen molar-refractivity contribution in [1.29, 1.82) is 0 Å². The van der Waals surface area contributed by atoms with Gasteiger partial charge in [0.25, 0.3) is 0 Å². The van der Waals surface area contributed by atoms with Crippen LogP contribution in [0.25, 0.3) is 0 Å². The standard InChI is InChI=1S/C21H19BrN2S/c1-15-8-5-6-13-19(15)20(16-9-3-2-4-10-16)24-21(25)23-18-12-7-11-17(22)14-18/h2-14,20H,1H3,(H2,23,24,25)/t20-/m1/s1. The van der Waals surface area contributed by atoms with Crippen LogP contribution in [0.4, 0.5) is 5.69 Å². The van der Waals surface area contributed by atoms with E-state index in [9.17, 15) is 0 Å². The molecule has 0 saturated carbocycles. The first-order valence-electron chi connectivity index (χ1n) is 8.07. The molecule has 25 heavy (non-hydrogen) atoms. The number of halogens is 1. The van der Waals surface area contributed by atoms with Gasteiger partial charge in [-0.1, -0.05) is 76.6 Å². The molecule has 3 aromatic carbocycles. The quantitative estimate of drug-likeness (QED) is 0.528. The molecular formula is C21H19BrN2S. The minimum Gasteiger partial charge on any atom is -0.352 e. The molecule has 0 spiro atoms. The van der Waals surface area contributed by atoms with E-state index in [2.05, 4.69) is 69.9 Å². The molecule has 0 heterocycles. The highest BCUT2D eigenvalue weighted by molar-refractivity contribution is 9.10. The second-order valence-corrected chi connectivity index (χ2v) is 7.13. The van der Waals surface area contributed by atoms with Crippen molar-refractivity contribution in [3.63, 3.8) is 0 Å². The summed E-state index contributed by atoms with van der Waals surface area (Å²) < 4.78 is 1.01. The fraction of sp³-hybridized carbons (Fsp3) is 0.0952. The average Bonchev–Trinajstić information content (AvgIpc) is 2.61. The fourth-order valence-corrected chi connectivity index (χ4v) is 3.40. The van der Waals surface area contributed by atoms with Gasteiger partial charge in [-0.15, -0.1) is 0 Å². The molecule has 0 bridgehead atoms. The molecule has 0 aliphatic carbocycles. The lowest BCUT2D eigenvalue weighted by Gasteiger charge is -2.23. The molecular weight excluding hydrogens is 392 g/mol. The number of nitrogens with one attached hydrogen (secondary N) is 2. The molecule has 0 fully saturated rings. The lowest BCUT2D eigenvalue weighted by Crippen LogP contribution is -2.33. The molecule has 3 aromatic rings. The number of anilines is 1. The fourth-order valence-electron chi connectivity index (χ4n) is 2.76. The predicted octanol–water partition coefficient (Wildman–Crippen LogP) is 5.83. The van der Waals surface area contributed by atoms with Crippen LogP contribution in [0.3, 0.4) is 0 Å². The van der Waals surface area contributed by atoms with Crippen LogP contribution in [0.15, 0.2) is 83.3 Å². The number of thiocarbonyl (C=S) groups is 1. The third-order valence-electron chi connectivity index (χ3n) is 3.99. The van der Waals surface area contributed by atoms with Crippen molar-refractivity contribution >= 4 is 38.9 Å². The summed E-state index contributed by atoms with van der Waals surface area (Å²) in [7, 11) is 0. The van der Waals surface area contributed by atoms with Crippen LogP contribution in [0.5, 0.6) is 0 Å². The van der Waals surface area contributed by atoms with Gasteiger partial charge < -0.3 is 10.6 Å². The molecule has 0 radical (unpaired) electrons. The van der Waals surface area contributed by atoms with E-state index in [4.69, 9.17) is 12.2 Å². The molecule has 0 amide bonds. The van der Waals surface area contributed by atoms with Gasteiger partial charge in [0.05, 0.1) is 6.04 Å². The number of hydrogen-bond acceptors (Lipinski definition) is 1. The van der Waals surface area contributed by atoms with E-state index in [1.165, 1.54) is 16.7 Å². The lowest BCUT2D eigenvalue weighted by atomic mass is 9.95. The molecule has 126 valence electrons. The second-order valence-electron chi connectivity index (χ2n) is 5.81. The first-order chi connectivity index (χ1) is 12.1. The molecule has 3 rings (SSSR count). The van der Waals surface area contributed by atoms with Gasteiger partial charge in [-0.05, 0) is 54.0 Å². The summed E-state index contributed by atoms with van der Waals surface area (Å²) in [6.07, 6.45) is 0. The molecule has 2 nitrogen and oxygen atoms in total. The number of benzene rings is 3. The van der Waals surface area contributed by atoms with E-state index in [-0.39, 0.29) is 6.04 Å². The SMILES string of the molecule is Cc1ccccc1[C@H](NC(=S)Nc1cccc(Br)c1)c1ccccc1. The Morgan fingerprint density at radius 3 is 2.36 bits per heavy atom. The average molecular weight is 411 g/mol. The Hall–Kier alpha value is -2.17. The van der Waals surface area contributed by atoms with Crippen LogP contribution >= 0.6 is 28.1 Å². The monoisotopic (exact) mass is 410 g/mol. The third-order valence-corrected chi connectivity index (χ3v) is 4.70. The Kier molecular flexibility index (Phi) is 5.84. The van der Waals surface area contributed by atoms with E-state index in [1.807, 2.05) is 42.5 Å². The van der Waals surface area contributed by atoms with E-state index < -0.39 is 0 Å². The minimum atomic E-state index is -0.00504. The van der Waals surface area contributed by atoms with Gasteiger partial charge in [0.1, 0.15) is 0 Å². The normalized spacial score (nSPS) is 11.6.